The van der Waals surface area contributed by atoms with E-state index in [1.807, 2.05) is 0 Å². The van der Waals surface area contributed by atoms with E-state index in [1.165, 1.54) is 0 Å². The molecule has 0 aliphatic carbocycles. The van der Waals surface area contributed by atoms with Gasteiger partial charge in [-0.2, -0.15) is 4.98 Å². The van der Waals surface area contributed by atoms with Crippen LogP contribution in [0.15, 0.2) is 0 Å². The monoisotopic (exact) mass is 243 g/mol. The van der Waals surface area contributed by atoms with Crippen LogP contribution in [0.25, 0.3) is 0 Å². The number of H-pyrrole nitrogens is 1. The van der Waals surface area contributed by atoms with Gasteiger partial charge >= 0.3 is 0 Å². The van der Waals surface area contributed by atoms with Crippen molar-refractivity contribution in [3.05, 3.63) is 5.82 Å². The summed E-state index contributed by atoms with van der Waals surface area (Å²) < 4.78 is 11.1. The first-order valence-corrected chi connectivity index (χ1v) is 6.47. The van der Waals surface area contributed by atoms with Gasteiger partial charge < -0.3 is 11.1 Å². The Balaban J connectivity index is 1.90. The molecule has 7 nitrogen and oxygen atoms in total. The van der Waals surface area contributed by atoms with Crippen LogP contribution in [0.1, 0.15) is 23.5 Å². The summed E-state index contributed by atoms with van der Waals surface area (Å²) in [6.45, 7) is 0. The predicted octanol–water partition coefficient (Wildman–Crippen LogP) is -0.972. The van der Waals surface area contributed by atoms with Gasteiger partial charge in [-0.15, -0.1) is 5.10 Å². The van der Waals surface area contributed by atoms with Gasteiger partial charge in [0, 0.05) is 28.3 Å². The highest BCUT2D eigenvalue weighted by Crippen LogP contribution is 2.09. The molecule has 16 heavy (non-hydrogen) atoms. The van der Waals surface area contributed by atoms with Crippen molar-refractivity contribution in [3.8, 4) is 0 Å². The van der Waals surface area contributed by atoms with E-state index < -0.39 is 10.8 Å². The largest absolute Gasteiger partial charge is 0.366 e. The Morgan fingerprint density at radius 2 is 2.19 bits per heavy atom. The first kappa shape index (κ1) is 11.1. The molecule has 0 radical (unpaired) electrons. The zero-order valence-corrected chi connectivity index (χ0v) is 9.42. The van der Waals surface area contributed by atoms with E-state index >= 15 is 0 Å². The summed E-state index contributed by atoms with van der Waals surface area (Å²) in [5.41, 5.74) is 5.29. The Hall–Kier alpha value is -1.44. The van der Waals surface area contributed by atoms with E-state index in [1.54, 1.807) is 0 Å². The maximum Gasteiger partial charge on any atom is 0.288 e. The van der Waals surface area contributed by atoms with Crippen molar-refractivity contribution in [2.75, 3.05) is 17.2 Å². The molecule has 0 unspecified atom stereocenters. The highest BCUT2D eigenvalue weighted by Gasteiger charge is 2.21. The SMILES string of the molecule is Nc1n[nH]c(C(=O)NC2CCS(=O)CC2)n1. The number of nitrogens with one attached hydrogen (secondary N) is 2. The van der Waals surface area contributed by atoms with Crippen LogP contribution in [0.3, 0.4) is 0 Å². The van der Waals surface area contributed by atoms with Crippen molar-refractivity contribution < 1.29 is 9.00 Å². The number of aromatic amines is 1. The van der Waals surface area contributed by atoms with Gasteiger partial charge in [0.2, 0.25) is 11.8 Å². The Morgan fingerprint density at radius 1 is 1.50 bits per heavy atom. The molecular formula is C8H13N5O2S. The summed E-state index contributed by atoms with van der Waals surface area (Å²) in [6, 6.07) is 0.0662. The van der Waals surface area contributed by atoms with E-state index in [4.69, 9.17) is 5.73 Å². The standard InChI is InChI=1S/C8H13N5O2S/c9-8-11-6(12-13-8)7(14)10-5-1-3-16(15)4-2-5/h5H,1-4H2,(H,10,14)(H3,9,11,12,13). The number of amides is 1. The number of nitrogens with two attached hydrogens (primary N) is 1. The second kappa shape index (κ2) is 4.60. The summed E-state index contributed by atoms with van der Waals surface area (Å²) in [6.07, 6.45) is 1.48. The summed E-state index contributed by atoms with van der Waals surface area (Å²) in [5, 5.41) is 8.83. The van der Waals surface area contributed by atoms with E-state index in [0.717, 1.165) is 12.8 Å². The second-order valence-corrected chi connectivity index (χ2v) is 5.33. The van der Waals surface area contributed by atoms with E-state index in [0.29, 0.717) is 11.5 Å². The molecule has 0 spiro atoms. The quantitative estimate of drug-likeness (QED) is 0.618. The lowest BCUT2D eigenvalue weighted by Crippen LogP contribution is -2.40. The van der Waals surface area contributed by atoms with E-state index in [2.05, 4.69) is 20.5 Å². The second-order valence-electron chi connectivity index (χ2n) is 3.64. The summed E-state index contributed by atoms with van der Waals surface area (Å²) in [7, 11) is -0.723. The number of rotatable bonds is 2. The molecule has 1 aliphatic heterocycles. The normalized spacial score (nSPS) is 25.2. The fraction of sp³-hybridized carbons (Fsp3) is 0.625. The van der Waals surface area contributed by atoms with Gasteiger partial charge in [0.05, 0.1) is 0 Å². The fourth-order valence-corrected chi connectivity index (χ4v) is 2.87. The smallest absolute Gasteiger partial charge is 0.288 e. The molecule has 2 heterocycles. The summed E-state index contributed by atoms with van der Waals surface area (Å²) in [5.74, 6) is 1.13. The molecule has 1 aromatic rings. The highest BCUT2D eigenvalue weighted by molar-refractivity contribution is 7.85. The minimum atomic E-state index is -0.723. The number of anilines is 1. The number of nitrogen functional groups attached to an aromatic ring is 1. The van der Waals surface area contributed by atoms with Gasteiger partial charge in [0.25, 0.3) is 5.91 Å². The zero-order valence-electron chi connectivity index (χ0n) is 8.60. The number of aromatic nitrogens is 3. The van der Waals surface area contributed by atoms with Crippen LogP contribution in [-0.4, -0.2) is 42.8 Å². The van der Waals surface area contributed by atoms with Gasteiger partial charge in [-0.3, -0.25) is 14.1 Å². The number of carbonyl (C=O) groups excluding carboxylic acids is 1. The Morgan fingerprint density at radius 3 is 2.75 bits per heavy atom. The highest BCUT2D eigenvalue weighted by atomic mass is 32.2. The lowest BCUT2D eigenvalue weighted by atomic mass is 10.1. The van der Waals surface area contributed by atoms with Crippen LogP contribution in [-0.2, 0) is 10.8 Å². The van der Waals surface area contributed by atoms with Gasteiger partial charge in [0.1, 0.15) is 0 Å². The summed E-state index contributed by atoms with van der Waals surface area (Å²) in [4.78, 5) is 15.4. The molecule has 1 aliphatic rings. The molecule has 0 bridgehead atoms. The van der Waals surface area contributed by atoms with Gasteiger partial charge in [-0.25, -0.2) is 0 Å². The number of carbonyl (C=O) groups is 1. The average molecular weight is 243 g/mol. The van der Waals surface area contributed by atoms with E-state index in [9.17, 15) is 9.00 Å². The third-order valence-corrected chi connectivity index (χ3v) is 3.82. The molecule has 0 atom stereocenters. The number of hydrogen-bond donors (Lipinski definition) is 3. The van der Waals surface area contributed by atoms with Crippen molar-refractivity contribution in [3.63, 3.8) is 0 Å². The third kappa shape index (κ3) is 2.57. The minimum absolute atomic E-state index is 0.0508. The first-order valence-electron chi connectivity index (χ1n) is 4.99. The first-order chi connectivity index (χ1) is 7.65. The minimum Gasteiger partial charge on any atom is -0.366 e. The average Bonchev–Trinajstić information content (AvgIpc) is 2.68. The Labute approximate surface area is 94.7 Å². The lowest BCUT2D eigenvalue weighted by Gasteiger charge is -2.21. The number of nitrogens with zero attached hydrogens (tertiary/aromatic N) is 2. The Bertz CT molecular complexity index is 408. The summed E-state index contributed by atoms with van der Waals surface area (Å²) >= 11 is 0. The van der Waals surface area contributed by atoms with Gasteiger partial charge in [-0.05, 0) is 12.8 Å². The number of hydrogen-bond acceptors (Lipinski definition) is 5. The molecule has 1 aromatic heterocycles. The molecule has 1 fully saturated rings. The topological polar surface area (TPSA) is 114 Å². The van der Waals surface area contributed by atoms with Crippen LogP contribution >= 0.6 is 0 Å². The van der Waals surface area contributed by atoms with Crippen LogP contribution in [0, 0.1) is 0 Å². The molecule has 88 valence electrons. The molecule has 4 N–H and O–H groups in total. The van der Waals surface area contributed by atoms with E-state index in [-0.39, 0.29) is 23.7 Å². The Kier molecular flexibility index (Phi) is 3.18. The van der Waals surface area contributed by atoms with Crippen molar-refractivity contribution in [2.24, 2.45) is 0 Å². The molecule has 0 saturated carbocycles. The van der Waals surface area contributed by atoms with Crippen LogP contribution in [0.2, 0.25) is 0 Å². The van der Waals surface area contributed by atoms with Gasteiger partial charge in [0.15, 0.2) is 0 Å². The van der Waals surface area contributed by atoms with Crippen LogP contribution in [0.5, 0.6) is 0 Å². The molecule has 1 saturated heterocycles. The predicted molar refractivity (Wildman–Crippen MR) is 59.2 cm³/mol. The lowest BCUT2D eigenvalue weighted by molar-refractivity contribution is 0.0924. The van der Waals surface area contributed by atoms with Crippen molar-refractivity contribution in [2.45, 2.75) is 18.9 Å². The van der Waals surface area contributed by atoms with Crippen molar-refractivity contribution in [1.29, 1.82) is 0 Å². The molecular weight excluding hydrogens is 230 g/mol. The van der Waals surface area contributed by atoms with Crippen LogP contribution < -0.4 is 11.1 Å². The molecule has 1 amide bonds. The molecule has 8 heteroatoms. The maximum atomic E-state index is 11.6. The molecule has 0 aromatic carbocycles. The molecule has 2 rings (SSSR count). The van der Waals surface area contributed by atoms with Gasteiger partial charge in [-0.1, -0.05) is 0 Å². The fourth-order valence-electron chi connectivity index (χ4n) is 1.57. The third-order valence-electron chi connectivity index (χ3n) is 2.44. The van der Waals surface area contributed by atoms with Crippen molar-refractivity contribution >= 4 is 22.7 Å². The van der Waals surface area contributed by atoms with Crippen LogP contribution in [0.4, 0.5) is 5.95 Å². The zero-order chi connectivity index (χ0) is 11.5. The maximum absolute atomic E-state index is 11.6. The van der Waals surface area contributed by atoms with Crippen molar-refractivity contribution in [1.82, 2.24) is 20.5 Å².